The van der Waals surface area contributed by atoms with Gasteiger partial charge in [-0.1, -0.05) is 140 Å². The van der Waals surface area contributed by atoms with Crippen LogP contribution in [-0.2, 0) is 0 Å². The summed E-state index contributed by atoms with van der Waals surface area (Å²) in [6.07, 6.45) is 2.16. The Kier molecular flexibility index (Phi) is 7.09. The third-order valence-corrected chi connectivity index (χ3v) is 7.87. The van der Waals surface area contributed by atoms with Crippen molar-refractivity contribution in [3.63, 3.8) is 0 Å². The third-order valence-electron chi connectivity index (χ3n) is 7.87. The van der Waals surface area contributed by atoms with Gasteiger partial charge in [-0.2, -0.15) is 4.57 Å². The lowest BCUT2D eigenvalue weighted by molar-refractivity contribution is -0.583. The number of nitrogens with zero attached hydrogens (tertiary/aromatic N) is 1. The Bertz CT molecular complexity index is 1930. The molecular weight excluding hydrogens is 522 g/mol. The molecule has 0 aliphatic carbocycles. The Morgan fingerprint density at radius 3 is 1.19 bits per heavy atom. The number of rotatable bonds is 6. The highest BCUT2D eigenvalue weighted by molar-refractivity contribution is 5.92. The molecule has 7 aromatic rings. The monoisotopic (exact) mass is 552 g/mol. The Morgan fingerprint density at radius 2 is 0.744 bits per heavy atom. The van der Waals surface area contributed by atoms with Gasteiger partial charge < -0.3 is 5.11 Å². The van der Waals surface area contributed by atoms with Crippen molar-refractivity contribution in [1.82, 2.24) is 0 Å². The predicted molar refractivity (Wildman–Crippen MR) is 177 cm³/mol. The molecule has 0 atom stereocenters. The Labute approximate surface area is 252 Å². The molecule has 204 valence electrons. The number of phenols is 1. The molecule has 1 N–H and O–H groups in total. The van der Waals surface area contributed by atoms with Crippen molar-refractivity contribution >= 4 is 0 Å². The first-order valence-corrected chi connectivity index (χ1v) is 14.5. The van der Waals surface area contributed by atoms with Crippen molar-refractivity contribution in [2.75, 3.05) is 0 Å². The van der Waals surface area contributed by atoms with Gasteiger partial charge in [0.15, 0.2) is 6.20 Å². The summed E-state index contributed by atoms with van der Waals surface area (Å²) in [6, 6.07) is 58.4. The van der Waals surface area contributed by atoms with Gasteiger partial charge in [-0.05, 0) is 34.4 Å². The summed E-state index contributed by atoms with van der Waals surface area (Å²) in [5.41, 5.74) is 11.3. The second-order valence-electron chi connectivity index (χ2n) is 10.5. The van der Waals surface area contributed by atoms with E-state index in [9.17, 15) is 5.11 Å². The van der Waals surface area contributed by atoms with E-state index in [1.54, 1.807) is 0 Å². The van der Waals surface area contributed by atoms with E-state index >= 15 is 0 Å². The van der Waals surface area contributed by atoms with Gasteiger partial charge in [-0.3, -0.25) is 0 Å². The van der Waals surface area contributed by atoms with Gasteiger partial charge in [-0.25, -0.2) is 0 Å². The molecule has 0 spiro atoms. The van der Waals surface area contributed by atoms with E-state index in [1.165, 1.54) is 0 Å². The van der Waals surface area contributed by atoms with Crippen LogP contribution in [-0.4, -0.2) is 5.11 Å². The highest BCUT2D eigenvalue weighted by Crippen LogP contribution is 2.42. The first-order chi connectivity index (χ1) is 21.3. The molecule has 6 aromatic carbocycles. The topological polar surface area (TPSA) is 24.1 Å². The summed E-state index contributed by atoms with van der Waals surface area (Å²) in [5.74, 6) is 0.271. The summed E-state index contributed by atoms with van der Waals surface area (Å²) in [5, 5.41) is 11.7. The zero-order valence-electron chi connectivity index (χ0n) is 23.6. The number of phenolic OH excluding ortho intramolecular Hbond substituents is 1. The predicted octanol–water partition coefficient (Wildman–Crippen LogP) is 10.0. The van der Waals surface area contributed by atoms with Crippen LogP contribution in [0.5, 0.6) is 5.75 Å². The van der Waals surface area contributed by atoms with Crippen LogP contribution >= 0.6 is 0 Å². The molecule has 7 rings (SSSR count). The van der Waals surface area contributed by atoms with Crippen molar-refractivity contribution in [3.8, 4) is 67.2 Å². The van der Waals surface area contributed by atoms with Crippen molar-refractivity contribution in [3.05, 3.63) is 176 Å². The van der Waals surface area contributed by atoms with Crippen molar-refractivity contribution in [1.29, 1.82) is 0 Å². The Morgan fingerprint density at radius 1 is 0.372 bits per heavy atom. The molecule has 1 heterocycles. The van der Waals surface area contributed by atoms with Crippen LogP contribution < -0.4 is 4.57 Å². The summed E-state index contributed by atoms with van der Waals surface area (Å²) < 4.78 is 2.27. The first kappa shape index (κ1) is 26.2. The van der Waals surface area contributed by atoms with Crippen molar-refractivity contribution in [2.24, 2.45) is 0 Å². The molecule has 2 nitrogen and oxygen atoms in total. The van der Waals surface area contributed by atoms with Crippen LogP contribution in [0.15, 0.2) is 176 Å². The van der Waals surface area contributed by atoms with Crippen LogP contribution in [0.2, 0.25) is 0 Å². The Balaban J connectivity index is 1.59. The quantitative estimate of drug-likeness (QED) is 0.204. The second kappa shape index (κ2) is 11.6. The van der Waals surface area contributed by atoms with Crippen molar-refractivity contribution < 1.29 is 9.67 Å². The van der Waals surface area contributed by atoms with E-state index in [0.29, 0.717) is 0 Å². The van der Waals surface area contributed by atoms with Gasteiger partial charge in [0.25, 0.3) is 0 Å². The molecule has 0 radical (unpaired) electrons. The second-order valence-corrected chi connectivity index (χ2v) is 10.5. The normalized spacial score (nSPS) is 10.9. The molecular formula is C41H30NO+. The summed E-state index contributed by atoms with van der Waals surface area (Å²) in [6.45, 7) is 0. The van der Waals surface area contributed by atoms with E-state index < -0.39 is 0 Å². The number of aromatic hydroxyl groups is 1. The minimum Gasteiger partial charge on any atom is -0.507 e. The number of benzene rings is 6. The zero-order valence-corrected chi connectivity index (χ0v) is 23.6. The maximum Gasteiger partial charge on any atom is 0.226 e. The lowest BCUT2D eigenvalue weighted by Crippen LogP contribution is -2.34. The fourth-order valence-corrected chi connectivity index (χ4v) is 5.84. The van der Waals surface area contributed by atoms with Crippen LogP contribution in [0.1, 0.15) is 0 Å². The molecule has 0 amide bonds. The summed E-state index contributed by atoms with van der Waals surface area (Å²) >= 11 is 0. The van der Waals surface area contributed by atoms with Crippen LogP contribution in [0.25, 0.3) is 61.5 Å². The number of aromatic nitrogens is 1. The summed E-state index contributed by atoms with van der Waals surface area (Å²) in [7, 11) is 0. The highest BCUT2D eigenvalue weighted by atomic mass is 16.3. The number of hydrogen-bond donors (Lipinski definition) is 1. The molecule has 2 heteroatoms. The minimum absolute atomic E-state index is 0.271. The molecule has 0 fully saturated rings. The lowest BCUT2D eigenvalue weighted by Gasteiger charge is -2.17. The molecule has 0 aliphatic heterocycles. The SMILES string of the molecule is Oc1c(-c2ccccc2)cc(-[n+]2ccc(-c3ccccc3)c(-c3ccccc3)c2-c2ccccc2)cc1-c1ccccc1. The summed E-state index contributed by atoms with van der Waals surface area (Å²) in [4.78, 5) is 0. The van der Waals surface area contributed by atoms with Gasteiger partial charge in [0.1, 0.15) is 5.75 Å². The number of hydrogen-bond acceptors (Lipinski definition) is 1. The van der Waals surface area contributed by atoms with Crippen LogP contribution in [0.4, 0.5) is 0 Å². The molecule has 0 saturated heterocycles. The van der Waals surface area contributed by atoms with E-state index in [-0.39, 0.29) is 5.75 Å². The molecule has 0 unspecified atom stereocenters. The maximum atomic E-state index is 11.7. The lowest BCUT2D eigenvalue weighted by atomic mass is 9.90. The first-order valence-electron chi connectivity index (χ1n) is 14.5. The number of pyridine rings is 1. The average molecular weight is 553 g/mol. The smallest absolute Gasteiger partial charge is 0.226 e. The van der Waals surface area contributed by atoms with Crippen LogP contribution in [0.3, 0.4) is 0 Å². The van der Waals surface area contributed by atoms with Gasteiger partial charge in [0, 0.05) is 40.5 Å². The van der Waals surface area contributed by atoms with Gasteiger partial charge in [0.2, 0.25) is 11.4 Å². The van der Waals surface area contributed by atoms with Crippen molar-refractivity contribution in [2.45, 2.75) is 0 Å². The van der Waals surface area contributed by atoms with E-state index in [2.05, 4.69) is 120 Å². The largest absolute Gasteiger partial charge is 0.507 e. The maximum absolute atomic E-state index is 11.7. The highest BCUT2D eigenvalue weighted by Gasteiger charge is 2.27. The van der Waals surface area contributed by atoms with Gasteiger partial charge in [0.05, 0.1) is 5.56 Å². The molecule has 43 heavy (non-hydrogen) atoms. The standard InChI is InChI=1S/C41H29NO/c43-41-37(31-18-8-2-9-19-31)28-35(29-38(41)32-20-10-3-11-21-32)42-27-26-36(30-16-6-1-7-17-30)39(33-22-12-4-13-23-33)40(42)34-24-14-5-15-25-34/h1-29H/p+1. The zero-order chi connectivity index (χ0) is 29.0. The molecule has 0 bridgehead atoms. The van der Waals surface area contributed by atoms with E-state index in [0.717, 1.165) is 61.5 Å². The fraction of sp³-hybridized carbons (Fsp3) is 0. The Hall–Kier alpha value is -5.73. The molecule has 1 aromatic heterocycles. The van der Waals surface area contributed by atoms with Gasteiger partial charge in [-0.15, -0.1) is 0 Å². The fourth-order valence-electron chi connectivity index (χ4n) is 5.84. The third kappa shape index (κ3) is 5.11. The van der Waals surface area contributed by atoms with E-state index in [4.69, 9.17) is 0 Å². The minimum atomic E-state index is 0.271. The van der Waals surface area contributed by atoms with Gasteiger partial charge >= 0.3 is 0 Å². The molecule has 0 saturated carbocycles. The molecule has 0 aliphatic rings. The van der Waals surface area contributed by atoms with E-state index in [1.807, 2.05) is 60.7 Å². The van der Waals surface area contributed by atoms with Crippen LogP contribution in [0, 0.1) is 0 Å². The average Bonchev–Trinajstić information content (AvgIpc) is 3.10.